The van der Waals surface area contributed by atoms with Crippen LogP contribution in [0.3, 0.4) is 0 Å². The summed E-state index contributed by atoms with van der Waals surface area (Å²) in [6.45, 7) is -2.91. The monoisotopic (exact) mass is 395 g/mol. The van der Waals surface area contributed by atoms with Crippen LogP contribution in [-0.2, 0) is 0 Å². The maximum atomic E-state index is 13.8. The zero-order chi connectivity index (χ0) is 19.4. The molecule has 0 fully saturated rings. The summed E-state index contributed by atoms with van der Waals surface area (Å²) in [4.78, 5) is 4.58. The van der Waals surface area contributed by atoms with Crippen molar-refractivity contribution in [2.45, 2.75) is 6.61 Å². The SMILES string of the molecule is CN=c1scc(-c2ccc(OC(F)F)cc2)n1/N=C\c1c(F)cccc1F. The predicted molar refractivity (Wildman–Crippen MR) is 95.2 cm³/mol. The van der Waals surface area contributed by atoms with Crippen molar-refractivity contribution < 1.29 is 22.3 Å². The molecule has 0 saturated carbocycles. The highest BCUT2D eigenvalue weighted by atomic mass is 32.1. The van der Waals surface area contributed by atoms with Gasteiger partial charge in [0.1, 0.15) is 17.4 Å². The quantitative estimate of drug-likeness (QED) is 0.463. The van der Waals surface area contributed by atoms with Crippen LogP contribution in [-0.4, -0.2) is 24.5 Å². The van der Waals surface area contributed by atoms with Gasteiger partial charge in [-0.1, -0.05) is 6.07 Å². The van der Waals surface area contributed by atoms with Crippen LogP contribution >= 0.6 is 11.3 Å². The highest BCUT2D eigenvalue weighted by Gasteiger charge is 2.10. The number of aromatic nitrogens is 1. The second kappa shape index (κ2) is 8.17. The second-order valence-corrected chi connectivity index (χ2v) is 6.06. The summed E-state index contributed by atoms with van der Waals surface area (Å²) in [5.41, 5.74) is 0.955. The number of rotatable bonds is 5. The fourth-order valence-electron chi connectivity index (χ4n) is 2.32. The van der Waals surface area contributed by atoms with Gasteiger partial charge in [-0.3, -0.25) is 4.99 Å². The minimum absolute atomic E-state index is 0.0212. The average molecular weight is 395 g/mol. The Morgan fingerprint density at radius 1 is 1.07 bits per heavy atom. The lowest BCUT2D eigenvalue weighted by molar-refractivity contribution is -0.0498. The van der Waals surface area contributed by atoms with Crippen LogP contribution in [0, 0.1) is 11.6 Å². The Labute approximate surface area is 155 Å². The van der Waals surface area contributed by atoms with Gasteiger partial charge in [0, 0.05) is 18.0 Å². The van der Waals surface area contributed by atoms with E-state index in [9.17, 15) is 17.6 Å². The molecule has 0 spiro atoms. The number of halogens is 4. The Morgan fingerprint density at radius 3 is 2.33 bits per heavy atom. The molecule has 27 heavy (non-hydrogen) atoms. The van der Waals surface area contributed by atoms with Crippen LogP contribution in [0.15, 0.2) is 57.9 Å². The van der Waals surface area contributed by atoms with Crippen molar-refractivity contribution in [3.63, 3.8) is 0 Å². The van der Waals surface area contributed by atoms with Gasteiger partial charge >= 0.3 is 6.61 Å². The molecule has 1 aromatic heterocycles. The van der Waals surface area contributed by atoms with Crippen molar-refractivity contribution in [3.05, 3.63) is 69.8 Å². The number of benzene rings is 2. The molecule has 2 aromatic carbocycles. The summed E-state index contributed by atoms with van der Waals surface area (Å²) in [5, 5.41) is 5.90. The first-order valence-electron chi connectivity index (χ1n) is 7.66. The average Bonchev–Trinajstić information content (AvgIpc) is 3.04. The van der Waals surface area contributed by atoms with E-state index in [0.29, 0.717) is 16.1 Å². The van der Waals surface area contributed by atoms with Crippen molar-refractivity contribution >= 4 is 17.6 Å². The topological polar surface area (TPSA) is 38.9 Å². The number of ether oxygens (including phenoxy) is 1. The fraction of sp³-hybridized carbons (Fsp3) is 0.111. The molecule has 0 radical (unpaired) electrons. The van der Waals surface area contributed by atoms with E-state index in [1.807, 2.05) is 0 Å². The molecule has 3 rings (SSSR count). The number of nitrogens with zero attached hydrogens (tertiary/aromatic N) is 3. The summed E-state index contributed by atoms with van der Waals surface area (Å²) in [5.74, 6) is -1.45. The largest absolute Gasteiger partial charge is 0.435 e. The molecule has 1 heterocycles. The molecule has 0 saturated heterocycles. The van der Waals surface area contributed by atoms with Gasteiger partial charge in [-0.15, -0.1) is 11.3 Å². The third kappa shape index (κ3) is 4.25. The first-order valence-corrected chi connectivity index (χ1v) is 8.54. The highest BCUT2D eigenvalue weighted by molar-refractivity contribution is 7.07. The van der Waals surface area contributed by atoms with Crippen molar-refractivity contribution in [2.24, 2.45) is 10.1 Å². The minimum Gasteiger partial charge on any atom is -0.435 e. The van der Waals surface area contributed by atoms with Crippen molar-refractivity contribution in [1.82, 2.24) is 4.68 Å². The van der Waals surface area contributed by atoms with E-state index >= 15 is 0 Å². The number of hydrogen-bond donors (Lipinski definition) is 0. The number of alkyl halides is 2. The highest BCUT2D eigenvalue weighted by Crippen LogP contribution is 2.24. The summed E-state index contributed by atoms with van der Waals surface area (Å²) in [6, 6.07) is 9.48. The van der Waals surface area contributed by atoms with Crippen LogP contribution in [0.1, 0.15) is 5.56 Å². The number of hydrogen-bond acceptors (Lipinski definition) is 4. The van der Waals surface area contributed by atoms with Crippen LogP contribution in [0.25, 0.3) is 11.3 Å². The molecule has 0 unspecified atom stereocenters. The van der Waals surface area contributed by atoms with Gasteiger partial charge in [0.2, 0.25) is 4.80 Å². The maximum absolute atomic E-state index is 13.8. The molecule has 0 N–H and O–H groups in total. The molecule has 0 bridgehead atoms. The Kier molecular flexibility index (Phi) is 5.70. The summed E-state index contributed by atoms with van der Waals surface area (Å²) >= 11 is 1.27. The van der Waals surface area contributed by atoms with Crippen molar-refractivity contribution in [3.8, 4) is 17.0 Å². The molecular weight excluding hydrogens is 382 g/mol. The predicted octanol–water partition coefficient (Wildman–Crippen LogP) is 4.51. The fourth-order valence-corrected chi connectivity index (χ4v) is 3.12. The third-order valence-electron chi connectivity index (χ3n) is 3.55. The lowest BCUT2D eigenvalue weighted by atomic mass is 10.2. The van der Waals surface area contributed by atoms with E-state index < -0.39 is 18.2 Å². The van der Waals surface area contributed by atoms with Crippen LogP contribution < -0.4 is 9.54 Å². The van der Waals surface area contributed by atoms with E-state index in [2.05, 4.69) is 14.8 Å². The summed E-state index contributed by atoms with van der Waals surface area (Å²) in [6.07, 6.45) is 1.07. The summed E-state index contributed by atoms with van der Waals surface area (Å²) < 4.78 is 57.9. The van der Waals surface area contributed by atoms with Crippen LogP contribution in [0.2, 0.25) is 0 Å². The first kappa shape index (κ1) is 18.8. The standard InChI is InChI=1S/C18H13F4N3OS/c1-23-18-25(24-9-13-14(19)3-2-4-15(13)20)16(10-27-18)11-5-7-12(8-6-11)26-17(21)22/h2-10,17H,1H3/b23-18?,24-9-. The van der Waals surface area contributed by atoms with Gasteiger partial charge in [-0.25, -0.2) is 13.5 Å². The van der Waals surface area contributed by atoms with Gasteiger partial charge in [-0.05, 0) is 36.4 Å². The lowest BCUT2D eigenvalue weighted by Crippen LogP contribution is -2.12. The van der Waals surface area contributed by atoms with E-state index in [1.54, 1.807) is 24.6 Å². The second-order valence-electron chi connectivity index (χ2n) is 5.22. The van der Waals surface area contributed by atoms with E-state index in [-0.39, 0.29) is 11.3 Å². The third-order valence-corrected chi connectivity index (χ3v) is 4.46. The molecule has 0 aliphatic rings. The summed E-state index contributed by atoms with van der Waals surface area (Å²) in [7, 11) is 1.56. The zero-order valence-electron chi connectivity index (χ0n) is 13.9. The zero-order valence-corrected chi connectivity index (χ0v) is 14.8. The molecule has 9 heteroatoms. The normalized spacial score (nSPS) is 12.3. The molecule has 0 amide bonds. The molecule has 0 atom stereocenters. The molecular formula is C18H13F4N3OS. The number of thiazole rings is 1. The van der Waals surface area contributed by atoms with Gasteiger partial charge in [-0.2, -0.15) is 13.9 Å². The van der Waals surface area contributed by atoms with Gasteiger partial charge in [0.25, 0.3) is 0 Å². The van der Waals surface area contributed by atoms with E-state index in [1.165, 1.54) is 34.2 Å². The van der Waals surface area contributed by atoms with E-state index in [4.69, 9.17) is 0 Å². The Morgan fingerprint density at radius 2 is 1.74 bits per heavy atom. The van der Waals surface area contributed by atoms with Gasteiger partial charge < -0.3 is 4.74 Å². The maximum Gasteiger partial charge on any atom is 0.387 e. The van der Waals surface area contributed by atoms with Gasteiger partial charge in [0.05, 0.1) is 17.5 Å². The molecule has 140 valence electrons. The Hall–Kier alpha value is -2.94. The Bertz CT molecular complexity index is 1010. The first-order chi connectivity index (χ1) is 13.0. The lowest BCUT2D eigenvalue weighted by Gasteiger charge is -2.07. The molecule has 0 aliphatic carbocycles. The van der Waals surface area contributed by atoms with Crippen LogP contribution in [0.5, 0.6) is 5.75 Å². The van der Waals surface area contributed by atoms with E-state index in [0.717, 1.165) is 18.3 Å². The van der Waals surface area contributed by atoms with Crippen LogP contribution in [0.4, 0.5) is 17.6 Å². The van der Waals surface area contributed by atoms with Gasteiger partial charge in [0.15, 0.2) is 0 Å². The molecule has 0 aliphatic heterocycles. The smallest absolute Gasteiger partial charge is 0.387 e. The minimum atomic E-state index is -2.91. The van der Waals surface area contributed by atoms with Crippen molar-refractivity contribution in [2.75, 3.05) is 7.05 Å². The molecule has 3 aromatic rings. The van der Waals surface area contributed by atoms with Crippen molar-refractivity contribution in [1.29, 1.82) is 0 Å². The Balaban J connectivity index is 2.00. The molecule has 4 nitrogen and oxygen atoms in total.